The SMILES string of the molecule is CC(=N)c1ncc(-c2ccnn2Cc2ccc(C#N)cc2)cc1Nc1ccc2cnn(PI)c2c1. The van der Waals surface area contributed by atoms with E-state index in [0.717, 1.165) is 39.1 Å². The number of nitrogens with one attached hydrogen (secondary N) is 2. The number of hydrogen-bond donors (Lipinski definition) is 2. The molecule has 35 heavy (non-hydrogen) atoms. The Balaban J connectivity index is 1.49. The minimum atomic E-state index is 0.380. The maximum Gasteiger partial charge on any atom is 0.107 e. The summed E-state index contributed by atoms with van der Waals surface area (Å²) in [4.78, 5) is 4.61. The second kappa shape index (κ2) is 9.94. The van der Waals surface area contributed by atoms with Gasteiger partial charge in [0.2, 0.25) is 0 Å². The van der Waals surface area contributed by atoms with Crippen LogP contribution in [0, 0.1) is 16.7 Å². The van der Waals surface area contributed by atoms with Crippen molar-refractivity contribution in [1.82, 2.24) is 24.3 Å². The maximum absolute atomic E-state index is 9.04. The first kappa shape index (κ1) is 23.1. The number of anilines is 2. The molecule has 3 heterocycles. The molecule has 5 aromatic rings. The van der Waals surface area contributed by atoms with Gasteiger partial charge in [0.15, 0.2) is 0 Å². The van der Waals surface area contributed by atoms with Crippen LogP contribution in [0.3, 0.4) is 0 Å². The van der Waals surface area contributed by atoms with Crippen molar-refractivity contribution in [1.29, 1.82) is 10.7 Å². The monoisotopic (exact) mass is 590 g/mol. The predicted octanol–water partition coefficient (Wildman–Crippen LogP) is 6.14. The second-order valence-electron chi connectivity index (χ2n) is 7.97. The van der Waals surface area contributed by atoms with Crippen LogP contribution < -0.4 is 5.32 Å². The number of benzene rings is 2. The normalized spacial score (nSPS) is 11.2. The maximum atomic E-state index is 9.04. The molecule has 3 aromatic heterocycles. The first-order valence-corrected chi connectivity index (χ1v) is 14.8. The summed E-state index contributed by atoms with van der Waals surface area (Å²) in [6.45, 7) is 2.30. The lowest BCUT2D eigenvalue weighted by molar-refractivity contribution is 0.694. The molecule has 0 bridgehead atoms. The molecule has 10 heteroatoms. The summed E-state index contributed by atoms with van der Waals surface area (Å²) < 4.78 is 3.88. The molecule has 1 unspecified atom stereocenters. The Hall–Kier alpha value is -3.61. The minimum Gasteiger partial charge on any atom is -0.354 e. The van der Waals surface area contributed by atoms with Crippen molar-refractivity contribution in [3.8, 4) is 17.3 Å². The summed E-state index contributed by atoms with van der Waals surface area (Å²) in [6, 6.07) is 19.7. The van der Waals surface area contributed by atoms with Crippen molar-refractivity contribution >= 4 is 56.4 Å². The van der Waals surface area contributed by atoms with Crippen LogP contribution in [0.4, 0.5) is 11.4 Å². The Kier molecular flexibility index (Phi) is 6.57. The largest absolute Gasteiger partial charge is 0.354 e. The molecule has 2 aromatic carbocycles. The summed E-state index contributed by atoms with van der Waals surface area (Å²) in [5.74, 6) is 0. The fourth-order valence-electron chi connectivity index (χ4n) is 3.88. The standard InChI is InChI=1S/C25H20IN8P/c1-16(28)25-22(32-21-7-6-19-14-31-34(35-26)24(19)11-21)10-20(13-29-25)23-8-9-30-33(23)15-18-4-2-17(12-27)3-5-18/h2-11,13-14,28,32,35H,15H2,1H3. The third-order valence-corrected chi connectivity index (χ3v) is 7.49. The molecule has 0 amide bonds. The lowest BCUT2D eigenvalue weighted by atomic mass is 10.1. The third-order valence-electron chi connectivity index (χ3n) is 5.60. The lowest BCUT2D eigenvalue weighted by Crippen LogP contribution is -2.07. The summed E-state index contributed by atoms with van der Waals surface area (Å²) in [5.41, 5.74) is 7.18. The molecule has 0 spiro atoms. The number of nitriles is 1. The van der Waals surface area contributed by atoms with Gasteiger partial charge in [0.05, 0.1) is 53.4 Å². The summed E-state index contributed by atoms with van der Waals surface area (Å²) in [7, 11) is 0. The van der Waals surface area contributed by atoms with E-state index in [0.29, 0.717) is 29.9 Å². The topological polar surface area (TPSA) is 108 Å². The van der Waals surface area contributed by atoms with Gasteiger partial charge in [-0.3, -0.25) is 9.67 Å². The molecule has 0 aliphatic rings. The van der Waals surface area contributed by atoms with E-state index in [1.54, 1.807) is 19.3 Å². The van der Waals surface area contributed by atoms with E-state index < -0.39 is 0 Å². The van der Waals surface area contributed by atoms with Gasteiger partial charge in [-0.1, -0.05) is 12.1 Å². The average molecular weight is 590 g/mol. The Labute approximate surface area is 216 Å². The van der Waals surface area contributed by atoms with Crippen molar-refractivity contribution in [3.05, 3.63) is 90.0 Å². The molecular formula is C25H20IN8P. The zero-order valence-electron chi connectivity index (χ0n) is 18.7. The average Bonchev–Trinajstić information content (AvgIpc) is 3.50. The highest BCUT2D eigenvalue weighted by molar-refractivity contribution is 14.2. The summed E-state index contributed by atoms with van der Waals surface area (Å²) in [5, 5.41) is 30.7. The van der Waals surface area contributed by atoms with Crippen molar-refractivity contribution in [2.75, 3.05) is 5.32 Å². The molecular weight excluding hydrogens is 570 g/mol. The molecule has 8 nitrogen and oxygen atoms in total. The number of rotatable bonds is 7. The molecule has 5 rings (SSSR count). The lowest BCUT2D eigenvalue weighted by Gasteiger charge is -2.14. The van der Waals surface area contributed by atoms with Crippen LogP contribution in [0.25, 0.3) is 22.2 Å². The van der Waals surface area contributed by atoms with Gasteiger partial charge in [0.25, 0.3) is 0 Å². The third kappa shape index (κ3) is 4.81. The van der Waals surface area contributed by atoms with Crippen molar-refractivity contribution < 1.29 is 0 Å². The molecule has 0 saturated heterocycles. The molecule has 0 saturated carbocycles. The first-order chi connectivity index (χ1) is 17.1. The highest BCUT2D eigenvalue weighted by Crippen LogP contribution is 2.32. The van der Waals surface area contributed by atoms with Crippen molar-refractivity contribution in [2.24, 2.45) is 0 Å². The molecule has 2 N–H and O–H groups in total. The molecule has 172 valence electrons. The number of hydrogen-bond acceptors (Lipinski definition) is 6. The fraction of sp³-hybridized carbons (Fsp3) is 0.0800. The Bertz CT molecular complexity index is 1580. The zero-order valence-corrected chi connectivity index (χ0v) is 21.9. The van der Waals surface area contributed by atoms with Crippen LogP contribution in [0.2, 0.25) is 0 Å². The van der Waals surface area contributed by atoms with Gasteiger partial charge in [0.1, 0.15) is 5.69 Å². The Morgan fingerprint density at radius 3 is 2.69 bits per heavy atom. The number of pyridine rings is 1. The highest BCUT2D eigenvalue weighted by Gasteiger charge is 2.13. The van der Waals surface area contributed by atoms with Gasteiger partial charge in [-0.15, -0.1) is 0 Å². The number of fused-ring (bicyclic) bond motifs is 1. The van der Waals surface area contributed by atoms with Crippen LogP contribution in [0.1, 0.15) is 23.7 Å². The molecule has 0 aliphatic carbocycles. The number of aromatic nitrogens is 5. The van der Waals surface area contributed by atoms with E-state index in [2.05, 4.69) is 54.7 Å². The van der Waals surface area contributed by atoms with Gasteiger partial charge >= 0.3 is 0 Å². The van der Waals surface area contributed by atoms with Crippen LogP contribution in [0.5, 0.6) is 0 Å². The van der Waals surface area contributed by atoms with E-state index in [9.17, 15) is 0 Å². The highest BCUT2D eigenvalue weighted by atomic mass is 127. The summed E-state index contributed by atoms with van der Waals surface area (Å²) >= 11 is 2.32. The van der Waals surface area contributed by atoms with E-state index in [1.807, 2.05) is 63.9 Å². The first-order valence-electron chi connectivity index (χ1n) is 10.7. The zero-order chi connectivity index (χ0) is 24.4. The van der Waals surface area contributed by atoms with E-state index in [1.165, 1.54) is 0 Å². The van der Waals surface area contributed by atoms with Crippen molar-refractivity contribution in [2.45, 2.75) is 13.5 Å². The second-order valence-corrected chi connectivity index (χ2v) is 10.0. The van der Waals surface area contributed by atoms with Crippen LogP contribution in [-0.4, -0.2) is 30.0 Å². The van der Waals surface area contributed by atoms with Crippen LogP contribution in [0.15, 0.2) is 73.2 Å². The molecule has 0 aliphatic heterocycles. The van der Waals surface area contributed by atoms with E-state index >= 15 is 0 Å². The fourth-order valence-corrected chi connectivity index (χ4v) is 5.42. The molecule has 1 atom stereocenters. The van der Waals surface area contributed by atoms with E-state index in [-0.39, 0.29) is 0 Å². The molecule has 0 radical (unpaired) electrons. The van der Waals surface area contributed by atoms with Crippen molar-refractivity contribution in [3.63, 3.8) is 0 Å². The van der Waals surface area contributed by atoms with Crippen LogP contribution >= 0.6 is 28.4 Å². The van der Waals surface area contributed by atoms with Gasteiger partial charge in [0, 0.05) is 29.0 Å². The van der Waals surface area contributed by atoms with Gasteiger partial charge in [-0.2, -0.15) is 15.5 Å². The summed E-state index contributed by atoms with van der Waals surface area (Å²) in [6.07, 6.45) is 5.92. The smallest absolute Gasteiger partial charge is 0.107 e. The Morgan fingerprint density at radius 2 is 1.94 bits per heavy atom. The molecule has 0 fully saturated rings. The van der Waals surface area contributed by atoms with Crippen LogP contribution in [-0.2, 0) is 6.54 Å². The predicted molar refractivity (Wildman–Crippen MR) is 149 cm³/mol. The van der Waals surface area contributed by atoms with Gasteiger partial charge < -0.3 is 10.7 Å². The van der Waals surface area contributed by atoms with Gasteiger partial charge in [-0.25, -0.2) is 4.45 Å². The van der Waals surface area contributed by atoms with E-state index in [4.69, 9.17) is 10.7 Å². The number of nitrogens with zero attached hydrogens (tertiary/aromatic N) is 6. The number of halogens is 1. The minimum absolute atomic E-state index is 0.380. The van der Waals surface area contributed by atoms with Gasteiger partial charge in [-0.05, 0) is 77.0 Å². The Morgan fingerprint density at radius 1 is 1.11 bits per heavy atom. The quantitative estimate of drug-likeness (QED) is 0.135.